The SMILES string of the molecule is O=C(Oc1c(O)c(O)cc(C(=O)O)c1O)c1ccccc1. The van der Waals surface area contributed by atoms with Crippen LogP contribution in [0, 0.1) is 0 Å². The molecule has 0 bridgehead atoms. The third-order valence-electron chi connectivity index (χ3n) is 2.64. The van der Waals surface area contributed by atoms with Gasteiger partial charge < -0.3 is 25.2 Å². The van der Waals surface area contributed by atoms with Crippen LogP contribution in [-0.2, 0) is 0 Å². The third-order valence-corrected chi connectivity index (χ3v) is 2.64. The number of ether oxygens (including phenoxy) is 1. The summed E-state index contributed by atoms with van der Waals surface area (Å²) in [5, 5.41) is 37.6. The van der Waals surface area contributed by atoms with E-state index in [2.05, 4.69) is 0 Å². The lowest BCUT2D eigenvalue weighted by Crippen LogP contribution is -2.09. The Labute approximate surface area is 118 Å². The first-order valence-corrected chi connectivity index (χ1v) is 5.70. The Hall–Kier alpha value is -3.22. The molecule has 21 heavy (non-hydrogen) atoms. The lowest BCUT2D eigenvalue weighted by atomic mass is 10.1. The molecule has 2 aromatic rings. The maximum absolute atomic E-state index is 11.8. The Morgan fingerprint density at radius 3 is 2.14 bits per heavy atom. The molecule has 7 heteroatoms. The van der Waals surface area contributed by atoms with Gasteiger partial charge in [-0.25, -0.2) is 9.59 Å². The number of benzene rings is 2. The van der Waals surface area contributed by atoms with Crippen molar-refractivity contribution in [1.82, 2.24) is 0 Å². The highest BCUT2D eigenvalue weighted by Crippen LogP contribution is 2.45. The second-order valence-corrected chi connectivity index (χ2v) is 4.03. The maximum atomic E-state index is 11.8. The summed E-state index contributed by atoms with van der Waals surface area (Å²) in [4.78, 5) is 22.7. The van der Waals surface area contributed by atoms with Gasteiger partial charge in [-0.15, -0.1) is 0 Å². The maximum Gasteiger partial charge on any atom is 0.343 e. The van der Waals surface area contributed by atoms with Crippen molar-refractivity contribution < 1.29 is 34.8 Å². The molecule has 0 amide bonds. The fourth-order valence-electron chi connectivity index (χ4n) is 1.61. The number of phenolic OH excluding ortho intramolecular Hbond substituents is 2. The van der Waals surface area contributed by atoms with Crippen LogP contribution in [0.3, 0.4) is 0 Å². The van der Waals surface area contributed by atoms with Crippen LogP contribution in [0.1, 0.15) is 20.7 Å². The Kier molecular flexibility index (Phi) is 3.66. The van der Waals surface area contributed by atoms with Crippen LogP contribution in [0.25, 0.3) is 0 Å². The minimum Gasteiger partial charge on any atom is -0.504 e. The number of aromatic carboxylic acids is 1. The van der Waals surface area contributed by atoms with Crippen LogP contribution < -0.4 is 4.74 Å². The molecule has 0 atom stereocenters. The van der Waals surface area contributed by atoms with Gasteiger partial charge in [0.25, 0.3) is 0 Å². The van der Waals surface area contributed by atoms with Crippen molar-refractivity contribution in [1.29, 1.82) is 0 Å². The van der Waals surface area contributed by atoms with Gasteiger partial charge in [-0.1, -0.05) is 18.2 Å². The number of carbonyl (C=O) groups is 2. The van der Waals surface area contributed by atoms with E-state index in [0.29, 0.717) is 6.07 Å². The highest BCUT2D eigenvalue weighted by molar-refractivity contribution is 5.96. The molecule has 0 unspecified atom stereocenters. The van der Waals surface area contributed by atoms with Gasteiger partial charge >= 0.3 is 11.9 Å². The van der Waals surface area contributed by atoms with E-state index in [9.17, 15) is 24.9 Å². The van der Waals surface area contributed by atoms with Crippen LogP contribution in [0.15, 0.2) is 36.4 Å². The molecule has 2 aromatic carbocycles. The summed E-state index contributed by atoms with van der Waals surface area (Å²) in [5.74, 6) is -6.02. The highest BCUT2D eigenvalue weighted by atomic mass is 16.5. The Bertz CT molecular complexity index is 707. The molecule has 0 fully saturated rings. The number of carboxylic acids is 1. The molecule has 0 aliphatic heterocycles. The van der Waals surface area contributed by atoms with Crippen molar-refractivity contribution in [3.8, 4) is 23.0 Å². The Balaban J connectivity index is 2.45. The Morgan fingerprint density at radius 1 is 0.952 bits per heavy atom. The van der Waals surface area contributed by atoms with E-state index in [1.165, 1.54) is 12.1 Å². The largest absolute Gasteiger partial charge is 0.504 e. The topological polar surface area (TPSA) is 124 Å². The molecule has 108 valence electrons. The van der Waals surface area contributed by atoms with Gasteiger partial charge in [0.05, 0.1) is 5.56 Å². The molecular formula is C14H10O7. The van der Waals surface area contributed by atoms with Gasteiger partial charge in [0.15, 0.2) is 11.5 Å². The average molecular weight is 290 g/mol. The zero-order valence-corrected chi connectivity index (χ0v) is 10.5. The number of carboxylic acid groups (broad SMARTS) is 1. The van der Waals surface area contributed by atoms with Crippen molar-refractivity contribution in [3.05, 3.63) is 47.5 Å². The molecule has 0 saturated heterocycles. The number of hydrogen-bond acceptors (Lipinski definition) is 6. The summed E-state index contributed by atoms with van der Waals surface area (Å²) in [5.41, 5.74) is -0.585. The van der Waals surface area contributed by atoms with Gasteiger partial charge in [0, 0.05) is 6.07 Å². The molecule has 2 rings (SSSR count). The van der Waals surface area contributed by atoms with Crippen LogP contribution in [0.4, 0.5) is 0 Å². The molecule has 7 nitrogen and oxygen atoms in total. The molecule has 0 aromatic heterocycles. The van der Waals surface area contributed by atoms with E-state index >= 15 is 0 Å². The average Bonchev–Trinajstić information content (AvgIpc) is 2.47. The summed E-state index contributed by atoms with van der Waals surface area (Å²) in [7, 11) is 0. The van der Waals surface area contributed by atoms with E-state index in [-0.39, 0.29) is 5.56 Å². The van der Waals surface area contributed by atoms with Gasteiger partial charge in [0.2, 0.25) is 11.5 Å². The van der Waals surface area contributed by atoms with Crippen LogP contribution >= 0.6 is 0 Å². The number of esters is 1. The van der Waals surface area contributed by atoms with Crippen molar-refractivity contribution in [3.63, 3.8) is 0 Å². The lowest BCUT2D eigenvalue weighted by Gasteiger charge is -2.11. The van der Waals surface area contributed by atoms with Crippen molar-refractivity contribution in [2.24, 2.45) is 0 Å². The van der Waals surface area contributed by atoms with Crippen molar-refractivity contribution in [2.45, 2.75) is 0 Å². The number of phenols is 3. The Morgan fingerprint density at radius 2 is 1.57 bits per heavy atom. The molecule has 0 spiro atoms. The van der Waals surface area contributed by atoms with Gasteiger partial charge in [-0.05, 0) is 12.1 Å². The molecule has 0 aliphatic carbocycles. The predicted molar refractivity (Wildman–Crippen MR) is 69.8 cm³/mol. The lowest BCUT2D eigenvalue weighted by molar-refractivity contribution is 0.0678. The first-order valence-electron chi connectivity index (χ1n) is 5.70. The zero-order valence-electron chi connectivity index (χ0n) is 10.5. The minimum atomic E-state index is -1.56. The third kappa shape index (κ3) is 2.71. The minimum absolute atomic E-state index is 0.122. The van der Waals surface area contributed by atoms with E-state index in [0.717, 1.165) is 0 Å². The molecule has 0 aliphatic rings. The van der Waals surface area contributed by atoms with E-state index in [1.807, 2.05) is 0 Å². The van der Waals surface area contributed by atoms with Gasteiger partial charge in [0.1, 0.15) is 5.56 Å². The molecule has 0 saturated carbocycles. The van der Waals surface area contributed by atoms with E-state index < -0.39 is 40.5 Å². The van der Waals surface area contributed by atoms with Crippen molar-refractivity contribution >= 4 is 11.9 Å². The molecular weight excluding hydrogens is 280 g/mol. The van der Waals surface area contributed by atoms with Crippen LogP contribution in [-0.4, -0.2) is 32.4 Å². The summed E-state index contributed by atoms with van der Waals surface area (Å²) >= 11 is 0. The molecule has 4 N–H and O–H groups in total. The number of carbonyl (C=O) groups excluding carboxylic acids is 1. The smallest absolute Gasteiger partial charge is 0.343 e. The van der Waals surface area contributed by atoms with Gasteiger partial charge in [-0.2, -0.15) is 0 Å². The fourth-order valence-corrected chi connectivity index (χ4v) is 1.61. The number of hydrogen-bond donors (Lipinski definition) is 4. The summed E-state index contributed by atoms with van der Waals surface area (Å²) < 4.78 is 4.77. The normalized spacial score (nSPS) is 10.1. The second-order valence-electron chi connectivity index (χ2n) is 4.03. The number of rotatable bonds is 3. The molecule has 0 heterocycles. The fraction of sp³-hybridized carbons (Fsp3) is 0. The number of aromatic hydroxyl groups is 3. The summed E-state index contributed by atoms with van der Waals surface area (Å²) in [6.07, 6.45) is 0. The highest BCUT2D eigenvalue weighted by Gasteiger charge is 2.24. The van der Waals surface area contributed by atoms with Crippen LogP contribution in [0.5, 0.6) is 23.0 Å². The summed E-state index contributed by atoms with van der Waals surface area (Å²) in [6.45, 7) is 0. The first-order chi connectivity index (χ1) is 9.91. The van der Waals surface area contributed by atoms with Crippen molar-refractivity contribution in [2.75, 3.05) is 0 Å². The first kappa shape index (κ1) is 14.2. The summed E-state index contributed by atoms with van der Waals surface area (Å²) in [6, 6.07) is 8.31. The monoisotopic (exact) mass is 290 g/mol. The quantitative estimate of drug-likeness (QED) is 0.293. The van der Waals surface area contributed by atoms with E-state index in [1.54, 1.807) is 18.2 Å². The standard InChI is InChI=1S/C14H10O7/c15-9-6-8(13(18)19)10(16)12(11(9)17)21-14(20)7-4-2-1-3-5-7/h1-6,15-17H,(H,18,19). The zero-order chi connectivity index (χ0) is 15.6. The van der Waals surface area contributed by atoms with Crippen LogP contribution in [0.2, 0.25) is 0 Å². The van der Waals surface area contributed by atoms with Gasteiger partial charge in [-0.3, -0.25) is 0 Å². The molecule has 0 radical (unpaired) electrons. The predicted octanol–water partition coefficient (Wildman–Crippen LogP) is 1.72. The second kappa shape index (κ2) is 5.41. The van der Waals surface area contributed by atoms with E-state index in [4.69, 9.17) is 9.84 Å².